The topological polar surface area (TPSA) is 6.48 Å². The maximum absolute atomic E-state index is 15.2. The molecule has 0 fully saturated rings. The fraction of sp³-hybridized carbons (Fsp3) is 0.0877. The first-order valence-electron chi connectivity index (χ1n) is 22.0. The van der Waals surface area contributed by atoms with Crippen molar-refractivity contribution in [1.82, 2.24) is 0 Å². The second-order valence-corrected chi connectivity index (χ2v) is 17.2. The Morgan fingerprint density at radius 2 is 0.648 bits per heavy atom. The number of fused-ring (bicyclic) bond motifs is 12. The molecule has 0 bridgehead atoms. The molecule has 11 rings (SSSR count). The van der Waals surface area contributed by atoms with Crippen LogP contribution < -0.4 is 9.80 Å². The number of alkyl halides is 12. The zero-order valence-electron chi connectivity index (χ0n) is 36.4. The van der Waals surface area contributed by atoms with Crippen molar-refractivity contribution in [2.45, 2.75) is 30.1 Å². The smallest absolute Gasteiger partial charge is 0.309 e. The zero-order chi connectivity index (χ0) is 49.8. The van der Waals surface area contributed by atoms with Gasteiger partial charge in [0.1, 0.15) is 0 Å². The normalized spacial score (nSPS) is 13.7. The van der Waals surface area contributed by atoms with E-state index in [1.54, 1.807) is 66.7 Å². The maximum atomic E-state index is 15.2. The first kappa shape index (κ1) is 45.4. The van der Waals surface area contributed by atoms with Crippen molar-refractivity contribution >= 4 is 44.9 Å². The van der Waals surface area contributed by atoms with E-state index in [4.69, 9.17) is 0 Å². The van der Waals surface area contributed by atoms with E-state index in [1.165, 1.54) is 30.3 Å². The minimum Gasteiger partial charge on any atom is -0.309 e. The summed E-state index contributed by atoms with van der Waals surface area (Å²) in [5.41, 5.74) is -4.64. The van der Waals surface area contributed by atoms with Gasteiger partial charge >= 0.3 is 24.7 Å². The van der Waals surface area contributed by atoms with Crippen molar-refractivity contribution in [1.29, 1.82) is 0 Å². The Morgan fingerprint density at radius 3 is 1.08 bits per heavy atom. The summed E-state index contributed by atoms with van der Waals surface area (Å²) in [7, 11) is 0. The van der Waals surface area contributed by atoms with Crippen molar-refractivity contribution in [2.24, 2.45) is 0 Å². The summed E-state index contributed by atoms with van der Waals surface area (Å²) < 4.78 is 182. The molecule has 71 heavy (non-hydrogen) atoms. The predicted octanol–water partition coefficient (Wildman–Crippen LogP) is 18.2. The number of rotatable bonds is 6. The SMILES string of the molecule is FC(F)(F)c1ccccc1N(c1ccc2c(c1)C1(c3ccccc3-c3ccccc31)c1cc(N(c3ccccc3C(F)(F)F)c3ccccc3C(F)(F)F)c3ccccc3c1-2)c1ccccc1C(F)(F)F. The molecule has 9 aromatic rings. The molecule has 0 N–H and O–H groups in total. The maximum Gasteiger partial charge on any atom is 0.418 e. The lowest BCUT2D eigenvalue weighted by Gasteiger charge is -2.35. The van der Waals surface area contributed by atoms with Crippen LogP contribution in [-0.2, 0) is 30.1 Å². The number of hydrogen-bond acceptors (Lipinski definition) is 2. The number of benzene rings is 9. The van der Waals surface area contributed by atoms with Gasteiger partial charge in [-0.25, -0.2) is 0 Å². The van der Waals surface area contributed by atoms with Gasteiger partial charge in [-0.1, -0.05) is 127 Å². The van der Waals surface area contributed by atoms with Crippen LogP contribution in [0.25, 0.3) is 33.0 Å². The van der Waals surface area contributed by atoms with E-state index in [-0.39, 0.29) is 16.8 Å². The lowest BCUT2D eigenvalue weighted by atomic mass is 9.70. The highest BCUT2D eigenvalue weighted by molar-refractivity contribution is 6.12. The molecule has 9 aromatic carbocycles. The van der Waals surface area contributed by atoms with Gasteiger partial charge in [0, 0.05) is 11.1 Å². The minimum absolute atomic E-state index is 0.0677. The first-order chi connectivity index (χ1) is 33.8. The number of para-hydroxylation sites is 4. The van der Waals surface area contributed by atoms with Gasteiger partial charge in [-0.15, -0.1) is 0 Å². The summed E-state index contributed by atoms with van der Waals surface area (Å²) in [6.07, 6.45) is -20.2. The molecule has 0 amide bonds. The van der Waals surface area contributed by atoms with Crippen LogP contribution in [0.2, 0.25) is 0 Å². The van der Waals surface area contributed by atoms with E-state index < -0.39 is 75.1 Å². The van der Waals surface area contributed by atoms with Gasteiger partial charge in [0.05, 0.1) is 56.1 Å². The molecule has 354 valence electrons. The molecule has 2 aliphatic rings. The molecule has 0 heterocycles. The van der Waals surface area contributed by atoms with Gasteiger partial charge in [0.15, 0.2) is 0 Å². The van der Waals surface area contributed by atoms with Crippen LogP contribution in [0.1, 0.15) is 44.5 Å². The zero-order valence-corrected chi connectivity index (χ0v) is 36.4. The summed E-state index contributed by atoms with van der Waals surface area (Å²) in [5.74, 6) is 0. The van der Waals surface area contributed by atoms with E-state index in [9.17, 15) is 0 Å². The quantitative estimate of drug-likeness (QED) is 0.153. The highest BCUT2D eigenvalue weighted by Crippen LogP contribution is 2.66. The number of hydrogen-bond donors (Lipinski definition) is 0. The lowest BCUT2D eigenvalue weighted by molar-refractivity contribution is -0.138. The number of nitrogens with zero attached hydrogens (tertiary/aromatic N) is 2. The van der Waals surface area contributed by atoms with E-state index in [0.29, 0.717) is 49.9 Å². The van der Waals surface area contributed by atoms with E-state index in [2.05, 4.69) is 0 Å². The molecule has 1 spiro atoms. The van der Waals surface area contributed by atoms with Gasteiger partial charge in [0.2, 0.25) is 0 Å². The highest BCUT2D eigenvalue weighted by Gasteiger charge is 2.53. The Hall–Kier alpha value is -8.00. The standard InChI is InChI=1S/C57H32F12N2/c58-54(59,60)41-21-7-11-25-47(41)70(48-26-12-8-22-42(48)55(61,62)63)33-29-30-38-45(31-33)53(39-19-5-3-15-34(39)35-16-4-6-20-40(35)53)46-32-51(36-17-1-2-18-37(36)52(38)46)71(49-27-13-9-23-43(49)56(64,65)66)50-28-14-10-24-44(50)57(67,68)69/h1-32H. The molecule has 0 atom stereocenters. The average molecular weight is 973 g/mol. The van der Waals surface area contributed by atoms with E-state index >= 15 is 52.7 Å². The van der Waals surface area contributed by atoms with Gasteiger partial charge in [-0.3, -0.25) is 0 Å². The fourth-order valence-electron chi connectivity index (χ4n) is 10.7. The summed E-state index contributed by atoms with van der Waals surface area (Å²) in [4.78, 5) is 1.88. The molecule has 2 nitrogen and oxygen atoms in total. The van der Waals surface area contributed by atoms with Crippen LogP contribution in [0.4, 0.5) is 86.8 Å². The molecular weight excluding hydrogens is 941 g/mol. The van der Waals surface area contributed by atoms with Crippen molar-refractivity contribution in [3.63, 3.8) is 0 Å². The number of halogens is 12. The highest BCUT2D eigenvalue weighted by atomic mass is 19.4. The molecular formula is C57H32F12N2. The molecule has 0 radical (unpaired) electrons. The molecule has 0 unspecified atom stereocenters. The second-order valence-electron chi connectivity index (χ2n) is 17.2. The lowest BCUT2D eigenvalue weighted by Crippen LogP contribution is -2.27. The molecule has 0 saturated carbocycles. The minimum atomic E-state index is -5.05. The third kappa shape index (κ3) is 7.04. The predicted molar refractivity (Wildman–Crippen MR) is 250 cm³/mol. The molecule has 2 aliphatic carbocycles. The Kier molecular flexibility index (Phi) is 10.3. The third-order valence-corrected chi connectivity index (χ3v) is 13.4. The van der Waals surface area contributed by atoms with Gasteiger partial charge < -0.3 is 9.80 Å². The van der Waals surface area contributed by atoms with Crippen molar-refractivity contribution in [3.05, 3.63) is 239 Å². The third-order valence-electron chi connectivity index (χ3n) is 13.4. The first-order valence-corrected chi connectivity index (χ1v) is 22.0. The summed E-state index contributed by atoms with van der Waals surface area (Å²) in [5, 5.41) is 0.639. The average Bonchev–Trinajstić information content (AvgIpc) is 3.81. The van der Waals surface area contributed by atoms with Crippen LogP contribution >= 0.6 is 0 Å². The second kappa shape index (κ2) is 16.0. The van der Waals surface area contributed by atoms with Crippen LogP contribution in [-0.4, -0.2) is 0 Å². The van der Waals surface area contributed by atoms with Crippen LogP contribution in [0.15, 0.2) is 194 Å². The Labute approximate surface area is 397 Å². The summed E-state index contributed by atoms with van der Waals surface area (Å²) in [6.45, 7) is 0. The van der Waals surface area contributed by atoms with Crippen LogP contribution in [0, 0.1) is 0 Å². The summed E-state index contributed by atoms with van der Waals surface area (Å²) >= 11 is 0. The fourth-order valence-corrected chi connectivity index (χ4v) is 10.7. The van der Waals surface area contributed by atoms with E-state index in [0.717, 1.165) is 82.6 Å². The Bertz CT molecular complexity index is 3430. The molecule has 0 aromatic heterocycles. The van der Waals surface area contributed by atoms with Gasteiger partial charge in [0.25, 0.3) is 0 Å². The van der Waals surface area contributed by atoms with Crippen LogP contribution in [0.5, 0.6) is 0 Å². The van der Waals surface area contributed by atoms with Gasteiger partial charge in [-0.05, 0) is 117 Å². The van der Waals surface area contributed by atoms with Crippen molar-refractivity contribution in [2.75, 3.05) is 9.80 Å². The van der Waals surface area contributed by atoms with Crippen molar-refractivity contribution in [3.8, 4) is 22.3 Å². The molecule has 0 saturated heterocycles. The largest absolute Gasteiger partial charge is 0.418 e. The summed E-state index contributed by atoms with van der Waals surface area (Å²) in [6, 6.07) is 44.3. The Morgan fingerprint density at radius 1 is 0.282 bits per heavy atom. The van der Waals surface area contributed by atoms with Crippen LogP contribution in [0.3, 0.4) is 0 Å². The molecule has 0 aliphatic heterocycles. The van der Waals surface area contributed by atoms with Gasteiger partial charge in [-0.2, -0.15) is 52.7 Å². The monoisotopic (exact) mass is 972 g/mol. The molecule has 14 heteroatoms. The Balaban J connectivity index is 1.29. The number of anilines is 6. The van der Waals surface area contributed by atoms with E-state index in [1.807, 2.05) is 24.3 Å². The van der Waals surface area contributed by atoms with Crippen molar-refractivity contribution < 1.29 is 52.7 Å².